The van der Waals surface area contributed by atoms with Gasteiger partial charge in [-0.15, -0.1) is 0 Å². The van der Waals surface area contributed by atoms with Crippen LogP contribution in [0.25, 0.3) is 0 Å². The minimum atomic E-state index is -3.41. The van der Waals surface area contributed by atoms with E-state index in [4.69, 9.17) is 8.92 Å². The smallest absolute Gasteiger partial charge is 0.264 e. The molecule has 6 nitrogen and oxygen atoms in total. The topological polar surface area (TPSA) is 70.4 Å². The van der Waals surface area contributed by atoms with Crippen LogP contribution in [-0.4, -0.2) is 31.1 Å². The molecule has 0 spiro atoms. The Labute approximate surface area is 101 Å². The van der Waals surface area contributed by atoms with E-state index in [9.17, 15) is 8.42 Å². The molecule has 1 saturated heterocycles. The average Bonchev–Trinajstić information content (AvgIpc) is 2.75. The highest BCUT2D eigenvalue weighted by atomic mass is 32.2. The van der Waals surface area contributed by atoms with Crippen LogP contribution in [0.1, 0.15) is 31.1 Å². The first kappa shape index (κ1) is 12.5. The fourth-order valence-corrected chi connectivity index (χ4v) is 2.07. The molecule has 0 N–H and O–H groups in total. The molecule has 1 fully saturated rings. The molecule has 0 bridgehead atoms. The van der Waals surface area contributed by atoms with Crippen molar-refractivity contribution in [3.63, 3.8) is 0 Å². The molecule has 17 heavy (non-hydrogen) atoms. The third-order valence-corrected chi connectivity index (χ3v) is 3.09. The van der Waals surface area contributed by atoms with E-state index in [-0.39, 0.29) is 12.8 Å². The van der Waals surface area contributed by atoms with E-state index >= 15 is 0 Å². The van der Waals surface area contributed by atoms with Gasteiger partial charge in [0.1, 0.15) is 6.23 Å². The van der Waals surface area contributed by atoms with Gasteiger partial charge in [0, 0.05) is 18.4 Å². The van der Waals surface area contributed by atoms with Crippen molar-refractivity contribution < 1.29 is 17.3 Å². The standard InChI is InChI=1S/C10H16N2O4S/c1-17(13,14)16-8-9-6-11-12(7-9)10-4-2-3-5-15-10/h6-7,10H,2-5,8H2,1H3. The van der Waals surface area contributed by atoms with Crippen LogP contribution in [0.15, 0.2) is 12.4 Å². The van der Waals surface area contributed by atoms with Gasteiger partial charge >= 0.3 is 0 Å². The second-order valence-corrected chi connectivity index (χ2v) is 5.76. The van der Waals surface area contributed by atoms with Crippen molar-refractivity contribution >= 4 is 10.1 Å². The van der Waals surface area contributed by atoms with E-state index in [1.54, 1.807) is 17.1 Å². The second-order valence-electron chi connectivity index (χ2n) is 4.12. The summed E-state index contributed by atoms with van der Waals surface area (Å²) in [5.41, 5.74) is 0.726. The van der Waals surface area contributed by atoms with Gasteiger partial charge < -0.3 is 4.74 Å². The number of nitrogens with zero attached hydrogens (tertiary/aromatic N) is 2. The number of hydrogen-bond acceptors (Lipinski definition) is 5. The van der Waals surface area contributed by atoms with Crippen LogP contribution in [0.2, 0.25) is 0 Å². The van der Waals surface area contributed by atoms with Crippen molar-refractivity contribution in [1.82, 2.24) is 9.78 Å². The molecule has 1 atom stereocenters. The fourth-order valence-electron chi connectivity index (χ4n) is 1.72. The molecule has 1 aromatic heterocycles. The van der Waals surface area contributed by atoms with Crippen LogP contribution in [0.4, 0.5) is 0 Å². The summed E-state index contributed by atoms with van der Waals surface area (Å²) < 4.78 is 33.7. The minimum absolute atomic E-state index is 0.0194. The number of rotatable bonds is 4. The van der Waals surface area contributed by atoms with Gasteiger partial charge in [-0.2, -0.15) is 13.5 Å². The fraction of sp³-hybridized carbons (Fsp3) is 0.700. The summed E-state index contributed by atoms with van der Waals surface area (Å²) in [4.78, 5) is 0. The zero-order chi connectivity index (χ0) is 12.3. The van der Waals surface area contributed by atoms with Crippen LogP contribution < -0.4 is 0 Å². The molecule has 1 aliphatic heterocycles. The summed E-state index contributed by atoms with van der Waals surface area (Å²) in [6.45, 7) is 0.769. The lowest BCUT2D eigenvalue weighted by Crippen LogP contribution is -2.18. The monoisotopic (exact) mass is 260 g/mol. The molecule has 2 heterocycles. The Morgan fingerprint density at radius 3 is 3.06 bits per heavy atom. The Kier molecular flexibility index (Phi) is 3.80. The first-order valence-corrected chi connectivity index (χ1v) is 7.35. The van der Waals surface area contributed by atoms with Crippen LogP contribution in [0.5, 0.6) is 0 Å². The summed E-state index contributed by atoms with van der Waals surface area (Å²) in [6, 6.07) is 0. The van der Waals surface area contributed by atoms with Crippen molar-refractivity contribution in [2.24, 2.45) is 0 Å². The van der Waals surface area contributed by atoms with Crippen LogP contribution >= 0.6 is 0 Å². The SMILES string of the molecule is CS(=O)(=O)OCc1cnn(C2CCCCO2)c1. The molecular weight excluding hydrogens is 244 g/mol. The maximum atomic E-state index is 10.8. The highest BCUT2D eigenvalue weighted by molar-refractivity contribution is 7.85. The predicted molar refractivity (Wildman–Crippen MR) is 60.7 cm³/mol. The van der Waals surface area contributed by atoms with Crippen molar-refractivity contribution in [1.29, 1.82) is 0 Å². The summed E-state index contributed by atoms with van der Waals surface area (Å²) in [5.74, 6) is 0. The molecule has 0 radical (unpaired) electrons. The normalized spacial score (nSPS) is 21.6. The van der Waals surface area contributed by atoms with Gasteiger partial charge in [-0.25, -0.2) is 4.68 Å². The molecule has 1 aliphatic rings. The minimum Gasteiger partial charge on any atom is -0.357 e. The molecule has 7 heteroatoms. The van der Waals surface area contributed by atoms with Gasteiger partial charge in [-0.3, -0.25) is 4.18 Å². The van der Waals surface area contributed by atoms with Gasteiger partial charge in [0.05, 0.1) is 19.1 Å². The zero-order valence-electron chi connectivity index (χ0n) is 9.70. The zero-order valence-corrected chi connectivity index (χ0v) is 10.5. The summed E-state index contributed by atoms with van der Waals surface area (Å²) in [7, 11) is -3.41. The van der Waals surface area contributed by atoms with Crippen LogP contribution in [0.3, 0.4) is 0 Å². The van der Waals surface area contributed by atoms with Crippen molar-refractivity contribution in [3.05, 3.63) is 18.0 Å². The average molecular weight is 260 g/mol. The summed E-state index contributed by atoms with van der Waals surface area (Å²) in [5, 5.41) is 4.16. The van der Waals surface area contributed by atoms with Crippen molar-refractivity contribution in [3.8, 4) is 0 Å². The van der Waals surface area contributed by atoms with Crippen molar-refractivity contribution in [2.75, 3.05) is 12.9 Å². The van der Waals surface area contributed by atoms with E-state index in [1.165, 1.54) is 0 Å². The van der Waals surface area contributed by atoms with Crippen LogP contribution in [0, 0.1) is 0 Å². The van der Waals surface area contributed by atoms with Gasteiger partial charge in [-0.05, 0) is 19.3 Å². The molecule has 2 rings (SSSR count). The first-order valence-electron chi connectivity index (χ1n) is 5.54. The lowest BCUT2D eigenvalue weighted by molar-refractivity contribution is -0.0395. The maximum absolute atomic E-state index is 10.8. The number of ether oxygens (including phenoxy) is 1. The molecule has 0 saturated carbocycles. The molecule has 0 aromatic carbocycles. The Bertz CT molecular complexity index is 462. The van der Waals surface area contributed by atoms with Crippen molar-refractivity contribution in [2.45, 2.75) is 32.1 Å². The number of hydrogen-bond donors (Lipinski definition) is 0. The summed E-state index contributed by atoms with van der Waals surface area (Å²) in [6.07, 6.45) is 7.51. The first-order chi connectivity index (χ1) is 8.04. The highest BCUT2D eigenvalue weighted by Crippen LogP contribution is 2.21. The Morgan fingerprint density at radius 1 is 1.59 bits per heavy atom. The lowest BCUT2D eigenvalue weighted by atomic mass is 10.2. The van der Waals surface area contributed by atoms with Gasteiger partial charge in [0.2, 0.25) is 0 Å². The highest BCUT2D eigenvalue weighted by Gasteiger charge is 2.16. The third-order valence-electron chi connectivity index (χ3n) is 2.55. The Morgan fingerprint density at radius 2 is 2.41 bits per heavy atom. The second kappa shape index (κ2) is 5.16. The third kappa shape index (κ3) is 3.79. The van der Waals surface area contributed by atoms with Crippen LogP contribution in [-0.2, 0) is 25.6 Å². The van der Waals surface area contributed by atoms with E-state index in [2.05, 4.69) is 5.10 Å². The van der Waals surface area contributed by atoms with E-state index in [1.807, 2.05) is 0 Å². The molecule has 0 amide bonds. The molecule has 1 unspecified atom stereocenters. The van der Waals surface area contributed by atoms with E-state index in [0.29, 0.717) is 0 Å². The molecule has 96 valence electrons. The number of aromatic nitrogens is 2. The van der Waals surface area contributed by atoms with Gasteiger partial charge in [-0.1, -0.05) is 0 Å². The predicted octanol–water partition coefficient (Wildman–Crippen LogP) is 1.06. The maximum Gasteiger partial charge on any atom is 0.264 e. The van der Waals surface area contributed by atoms with Gasteiger partial charge in [0.15, 0.2) is 0 Å². The quantitative estimate of drug-likeness (QED) is 0.757. The lowest BCUT2D eigenvalue weighted by Gasteiger charge is -2.22. The Hall–Kier alpha value is -0.920. The largest absolute Gasteiger partial charge is 0.357 e. The molecule has 1 aromatic rings. The Balaban J connectivity index is 1.95. The summed E-state index contributed by atoms with van der Waals surface area (Å²) >= 11 is 0. The van der Waals surface area contributed by atoms with Gasteiger partial charge in [0.25, 0.3) is 10.1 Å². The van der Waals surface area contributed by atoms with E-state index < -0.39 is 10.1 Å². The van der Waals surface area contributed by atoms with E-state index in [0.717, 1.165) is 37.7 Å². The molecule has 0 aliphatic carbocycles. The molecular formula is C10H16N2O4S.